The van der Waals surface area contributed by atoms with Gasteiger partial charge in [0, 0.05) is 17.8 Å². The van der Waals surface area contributed by atoms with Crippen molar-refractivity contribution >= 4 is 5.91 Å². The number of furan rings is 1. The van der Waals surface area contributed by atoms with Crippen molar-refractivity contribution < 1.29 is 13.9 Å². The van der Waals surface area contributed by atoms with Crippen molar-refractivity contribution in [2.24, 2.45) is 0 Å². The zero-order valence-corrected chi connectivity index (χ0v) is 15.6. The average molecular weight is 366 g/mol. The fourth-order valence-electron chi connectivity index (χ4n) is 2.88. The third-order valence-electron chi connectivity index (χ3n) is 4.31. The summed E-state index contributed by atoms with van der Waals surface area (Å²) in [5, 5.41) is 2.92. The molecule has 0 bridgehead atoms. The number of rotatable bonds is 6. The molecule has 2 heterocycles. The molecule has 0 spiro atoms. The molecule has 0 radical (unpaired) electrons. The first-order valence-corrected chi connectivity index (χ1v) is 8.67. The van der Waals surface area contributed by atoms with Gasteiger partial charge in [-0.3, -0.25) is 9.59 Å². The van der Waals surface area contributed by atoms with Crippen LogP contribution in [0.25, 0.3) is 0 Å². The predicted octanol–water partition coefficient (Wildman–Crippen LogP) is 3.30. The topological polar surface area (TPSA) is 73.5 Å². The minimum absolute atomic E-state index is 0.125. The van der Waals surface area contributed by atoms with E-state index >= 15 is 0 Å². The molecule has 6 nitrogen and oxygen atoms in total. The Hall–Kier alpha value is -3.28. The first kappa shape index (κ1) is 18.5. The number of aryl methyl sites for hydroxylation is 1. The van der Waals surface area contributed by atoms with E-state index in [1.165, 1.54) is 10.6 Å². The lowest BCUT2D eigenvalue weighted by molar-refractivity contribution is 0.0909. The first-order valence-electron chi connectivity index (χ1n) is 8.67. The molecule has 1 unspecified atom stereocenters. The SMILES string of the molecule is COc1ccc(C)cc1C(C)NC(=O)c1ccc(Cn2ccccc2=O)o1. The van der Waals surface area contributed by atoms with E-state index in [1.54, 1.807) is 37.6 Å². The summed E-state index contributed by atoms with van der Waals surface area (Å²) in [5.41, 5.74) is 1.86. The Morgan fingerprint density at radius 3 is 2.78 bits per heavy atom. The Morgan fingerprint density at radius 1 is 1.22 bits per heavy atom. The minimum atomic E-state index is -0.322. The molecule has 140 valence electrons. The van der Waals surface area contributed by atoms with Crippen molar-refractivity contribution in [1.82, 2.24) is 9.88 Å². The van der Waals surface area contributed by atoms with Gasteiger partial charge in [0.15, 0.2) is 5.76 Å². The second kappa shape index (κ2) is 7.95. The Bertz CT molecular complexity index is 1000. The molecule has 0 fully saturated rings. The summed E-state index contributed by atoms with van der Waals surface area (Å²) >= 11 is 0. The molecule has 3 rings (SSSR count). The third kappa shape index (κ3) is 4.28. The molecule has 0 aliphatic rings. The maximum absolute atomic E-state index is 12.5. The van der Waals surface area contributed by atoms with Crippen LogP contribution in [0.3, 0.4) is 0 Å². The Morgan fingerprint density at radius 2 is 2.04 bits per heavy atom. The van der Waals surface area contributed by atoms with Gasteiger partial charge >= 0.3 is 0 Å². The predicted molar refractivity (Wildman–Crippen MR) is 102 cm³/mol. The Labute approximate surface area is 157 Å². The van der Waals surface area contributed by atoms with Crippen LogP contribution in [-0.2, 0) is 6.54 Å². The first-order chi connectivity index (χ1) is 13.0. The van der Waals surface area contributed by atoms with Gasteiger partial charge in [0.25, 0.3) is 11.5 Å². The van der Waals surface area contributed by atoms with Crippen molar-refractivity contribution in [1.29, 1.82) is 0 Å². The number of nitrogens with zero attached hydrogens (tertiary/aromatic N) is 1. The molecule has 6 heteroatoms. The summed E-state index contributed by atoms with van der Waals surface area (Å²) in [5.74, 6) is 1.14. The summed E-state index contributed by atoms with van der Waals surface area (Å²) in [6, 6.07) is 13.8. The summed E-state index contributed by atoms with van der Waals surface area (Å²) in [6.07, 6.45) is 1.68. The van der Waals surface area contributed by atoms with E-state index in [-0.39, 0.29) is 29.8 Å². The number of carbonyl (C=O) groups excluding carboxylic acids is 1. The summed E-state index contributed by atoms with van der Waals surface area (Å²) in [6.45, 7) is 4.15. The number of methoxy groups -OCH3 is 1. The largest absolute Gasteiger partial charge is 0.496 e. The van der Waals surface area contributed by atoms with Crippen LogP contribution in [0.1, 0.15) is 40.4 Å². The van der Waals surface area contributed by atoms with E-state index in [0.29, 0.717) is 5.76 Å². The lowest BCUT2D eigenvalue weighted by Crippen LogP contribution is -2.26. The van der Waals surface area contributed by atoms with Gasteiger partial charge in [-0.2, -0.15) is 0 Å². The third-order valence-corrected chi connectivity index (χ3v) is 4.31. The van der Waals surface area contributed by atoms with E-state index in [0.717, 1.165) is 16.9 Å². The standard InChI is InChI=1S/C21H22N2O4/c1-14-7-9-18(26-3)17(12-14)15(2)22-21(25)19-10-8-16(27-19)13-23-11-5-4-6-20(23)24/h4-12,15H,13H2,1-3H3,(H,22,25). The second-order valence-corrected chi connectivity index (χ2v) is 6.37. The van der Waals surface area contributed by atoms with Crippen molar-refractivity contribution in [2.45, 2.75) is 26.4 Å². The number of hydrogen-bond donors (Lipinski definition) is 1. The molecular weight excluding hydrogens is 344 g/mol. The molecule has 1 amide bonds. The molecule has 3 aromatic rings. The summed E-state index contributed by atoms with van der Waals surface area (Å²) < 4.78 is 12.5. The smallest absolute Gasteiger partial charge is 0.287 e. The van der Waals surface area contributed by atoms with Crippen molar-refractivity contribution in [3.8, 4) is 5.75 Å². The molecular formula is C21H22N2O4. The fraction of sp³-hybridized carbons (Fsp3) is 0.238. The lowest BCUT2D eigenvalue weighted by Gasteiger charge is -2.17. The van der Waals surface area contributed by atoms with Crippen LogP contribution in [0.5, 0.6) is 5.75 Å². The molecule has 1 aromatic carbocycles. The number of hydrogen-bond acceptors (Lipinski definition) is 4. The molecule has 1 N–H and O–H groups in total. The molecule has 0 saturated carbocycles. The van der Waals surface area contributed by atoms with Crippen LogP contribution in [0.2, 0.25) is 0 Å². The Balaban J connectivity index is 1.72. The number of benzene rings is 1. The fourth-order valence-corrected chi connectivity index (χ4v) is 2.88. The second-order valence-electron chi connectivity index (χ2n) is 6.37. The highest BCUT2D eigenvalue weighted by molar-refractivity contribution is 5.91. The van der Waals surface area contributed by atoms with Crippen LogP contribution in [0, 0.1) is 6.92 Å². The maximum Gasteiger partial charge on any atom is 0.287 e. The van der Waals surface area contributed by atoms with Crippen molar-refractivity contribution in [2.75, 3.05) is 7.11 Å². The number of aromatic nitrogens is 1. The van der Waals surface area contributed by atoms with Crippen LogP contribution in [0.4, 0.5) is 0 Å². The quantitative estimate of drug-likeness (QED) is 0.726. The zero-order valence-electron chi connectivity index (χ0n) is 15.6. The normalized spacial score (nSPS) is 11.8. The Kier molecular flexibility index (Phi) is 5.45. The highest BCUT2D eigenvalue weighted by atomic mass is 16.5. The maximum atomic E-state index is 12.5. The van der Waals surface area contributed by atoms with Crippen LogP contribution < -0.4 is 15.6 Å². The van der Waals surface area contributed by atoms with E-state index in [1.807, 2.05) is 32.0 Å². The highest BCUT2D eigenvalue weighted by Gasteiger charge is 2.18. The van der Waals surface area contributed by atoms with Crippen LogP contribution in [-0.4, -0.2) is 17.6 Å². The van der Waals surface area contributed by atoms with E-state index in [9.17, 15) is 9.59 Å². The van der Waals surface area contributed by atoms with Gasteiger partial charge in [0.2, 0.25) is 0 Å². The number of amides is 1. The highest BCUT2D eigenvalue weighted by Crippen LogP contribution is 2.26. The zero-order chi connectivity index (χ0) is 19.4. The molecule has 0 aliphatic heterocycles. The minimum Gasteiger partial charge on any atom is -0.496 e. The molecule has 27 heavy (non-hydrogen) atoms. The van der Waals surface area contributed by atoms with E-state index in [2.05, 4.69) is 5.32 Å². The summed E-state index contributed by atoms with van der Waals surface area (Å²) in [4.78, 5) is 24.3. The number of carbonyl (C=O) groups is 1. The van der Waals surface area contributed by atoms with Gasteiger partial charge < -0.3 is 19.0 Å². The van der Waals surface area contributed by atoms with Crippen molar-refractivity contribution in [3.63, 3.8) is 0 Å². The van der Waals surface area contributed by atoms with E-state index in [4.69, 9.17) is 9.15 Å². The van der Waals surface area contributed by atoms with Crippen molar-refractivity contribution in [3.05, 3.63) is 87.7 Å². The lowest BCUT2D eigenvalue weighted by atomic mass is 10.0. The monoisotopic (exact) mass is 366 g/mol. The summed E-state index contributed by atoms with van der Waals surface area (Å²) in [7, 11) is 1.60. The van der Waals surface area contributed by atoms with Crippen LogP contribution >= 0.6 is 0 Å². The van der Waals surface area contributed by atoms with E-state index < -0.39 is 0 Å². The van der Waals surface area contributed by atoms with Gasteiger partial charge in [-0.15, -0.1) is 0 Å². The average Bonchev–Trinajstić information content (AvgIpc) is 3.12. The molecule has 2 aromatic heterocycles. The van der Waals surface area contributed by atoms with Gasteiger partial charge in [-0.05, 0) is 38.1 Å². The number of pyridine rings is 1. The van der Waals surface area contributed by atoms with Gasteiger partial charge in [0.1, 0.15) is 11.5 Å². The molecule has 1 atom stereocenters. The molecule has 0 saturated heterocycles. The van der Waals surface area contributed by atoms with Gasteiger partial charge in [-0.25, -0.2) is 0 Å². The van der Waals surface area contributed by atoms with Crippen LogP contribution in [0.15, 0.2) is 63.9 Å². The van der Waals surface area contributed by atoms with Gasteiger partial charge in [0.05, 0.1) is 19.7 Å². The van der Waals surface area contributed by atoms with Gasteiger partial charge in [-0.1, -0.05) is 23.8 Å². The number of nitrogens with one attached hydrogen (secondary N) is 1. The molecule has 0 aliphatic carbocycles. The number of ether oxygens (including phenoxy) is 1.